The average Bonchev–Trinajstić information content (AvgIpc) is 3.07. The second-order valence-corrected chi connectivity index (χ2v) is 7.64. The molecule has 3 heterocycles. The molecule has 0 saturated heterocycles. The van der Waals surface area contributed by atoms with Gasteiger partial charge in [-0.15, -0.1) is 0 Å². The number of rotatable bonds is 2. The maximum absolute atomic E-state index is 9.28. The van der Waals surface area contributed by atoms with E-state index < -0.39 is 5.89 Å². The molecule has 1 aliphatic carbocycles. The van der Waals surface area contributed by atoms with Crippen molar-refractivity contribution < 1.29 is 10.4 Å². The standard InChI is InChI=1S/C24H25N2O/c1-16-12-13-19-20-10-6-14-25-24(20)27-23(19)21(16)22-18(11-7-15-26(22)2)17-8-4-3-5-9-17/h6-7,10-15,17H,3-5,8-9H2,1-2H3/q+1/i17D. The number of pyridine rings is 2. The molecule has 0 radical (unpaired) electrons. The van der Waals surface area contributed by atoms with E-state index in [0.29, 0.717) is 5.71 Å². The molecule has 3 heteroatoms. The van der Waals surface area contributed by atoms with E-state index in [1.807, 2.05) is 6.07 Å². The van der Waals surface area contributed by atoms with Crippen LogP contribution in [0, 0.1) is 6.92 Å². The van der Waals surface area contributed by atoms with Gasteiger partial charge in [-0.2, -0.15) is 0 Å². The summed E-state index contributed by atoms with van der Waals surface area (Å²) in [5, 5.41) is 2.12. The Labute approximate surface area is 161 Å². The predicted octanol–water partition coefficient (Wildman–Crippen LogP) is 5.83. The van der Waals surface area contributed by atoms with Gasteiger partial charge in [-0.25, -0.2) is 9.55 Å². The van der Waals surface area contributed by atoms with E-state index in [2.05, 4.69) is 60.1 Å². The first-order valence-corrected chi connectivity index (χ1v) is 9.85. The van der Waals surface area contributed by atoms with Crippen LogP contribution in [0.25, 0.3) is 33.3 Å². The Morgan fingerprint density at radius 3 is 2.78 bits per heavy atom. The minimum absolute atomic E-state index is 0.536. The van der Waals surface area contributed by atoms with Crippen LogP contribution in [0.3, 0.4) is 0 Å². The Balaban J connectivity index is 1.85. The number of benzene rings is 1. The molecule has 0 atom stereocenters. The van der Waals surface area contributed by atoms with Crippen molar-refractivity contribution >= 4 is 22.1 Å². The lowest BCUT2D eigenvalue weighted by atomic mass is 9.81. The highest BCUT2D eigenvalue weighted by Crippen LogP contribution is 2.41. The summed E-state index contributed by atoms with van der Waals surface area (Å²) in [7, 11) is 2.07. The van der Waals surface area contributed by atoms with Crippen LogP contribution in [0.1, 0.15) is 50.5 Å². The van der Waals surface area contributed by atoms with Gasteiger partial charge >= 0.3 is 0 Å². The van der Waals surface area contributed by atoms with E-state index >= 15 is 0 Å². The largest absolute Gasteiger partial charge is 0.437 e. The number of nitrogens with zero attached hydrogens (tertiary/aromatic N) is 2. The minimum Gasteiger partial charge on any atom is -0.437 e. The number of aromatic nitrogens is 2. The lowest BCUT2D eigenvalue weighted by molar-refractivity contribution is -0.660. The summed E-state index contributed by atoms with van der Waals surface area (Å²) in [6, 6.07) is 12.5. The Morgan fingerprint density at radius 1 is 1.07 bits per heavy atom. The van der Waals surface area contributed by atoms with Crippen LogP contribution in [0.2, 0.25) is 0 Å². The molecule has 3 nitrogen and oxygen atoms in total. The summed E-state index contributed by atoms with van der Waals surface area (Å²) in [5.41, 5.74) is 6.00. The van der Waals surface area contributed by atoms with E-state index in [1.165, 1.54) is 6.42 Å². The summed E-state index contributed by atoms with van der Waals surface area (Å²) in [5.74, 6) is -0.536. The van der Waals surface area contributed by atoms with Crippen LogP contribution < -0.4 is 4.57 Å². The zero-order valence-corrected chi connectivity index (χ0v) is 16.0. The summed E-state index contributed by atoms with van der Waals surface area (Å²) >= 11 is 0. The van der Waals surface area contributed by atoms with E-state index in [4.69, 9.17) is 4.42 Å². The lowest BCUT2D eigenvalue weighted by Crippen LogP contribution is -2.32. The van der Waals surface area contributed by atoms with Crippen molar-refractivity contribution in [3.8, 4) is 11.3 Å². The van der Waals surface area contributed by atoms with Crippen molar-refractivity contribution in [2.24, 2.45) is 7.05 Å². The first-order valence-electron chi connectivity index (χ1n) is 10.3. The Hall–Kier alpha value is -2.68. The molecule has 0 bridgehead atoms. The van der Waals surface area contributed by atoms with Crippen LogP contribution in [0.5, 0.6) is 0 Å². The smallest absolute Gasteiger partial charge is 0.227 e. The normalized spacial score (nSPS) is 17.3. The molecule has 1 saturated carbocycles. The van der Waals surface area contributed by atoms with Gasteiger partial charge in [0.2, 0.25) is 11.4 Å². The molecule has 27 heavy (non-hydrogen) atoms. The van der Waals surface area contributed by atoms with Gasteiger partial charge in [-0.05, 0) is 49.4 Å². The number of furan rings is 1. The third-order valence-electron chi connectivity index (χ3n) is 5.88. The van der Waals surface area contributed by atoms with Crippen LogP contribution in [-0.2, 0) is 7.05 Å². The van der Waals surface area contributed by atoms with Gasteiger partial charge in [-0.1, -0.05) is 31.4 Å². The molecule has 136 valence electrons. The molecule has 0 aliphatic heterocycles. The first-order chi connectivity index (χ1) is 13.6. The summed E-state index contributed by atoms with van der Waals surface area (Å²) in [6.45, 7) is 2.13. The molecule has 3 aromatic heterocycles. The van der Waals surface area contributed by atoms with Crippen LogP contribution >= 0.6 is 0 Å². The molecule has 1 aliphatic rings. The van der Waals surface area contributed by atoms with Crippen molar-refractivity contribution in [1.82, 2.24) is 4.98 Å². The highest BCUT2D eigenvalue weighted by Gasteiger charge is 2.28. The zero-order chi connectivity index (χ0) is 19.3. The maximum atomic E-state index is 9.28. The minimum atomic E-state index is -0.536. The third-order valence-corrected chi connectivity index (χ3v) is 5.88. The second kappa shape index (κ2) is 6.49. The molecule has 0 spiro atoms. The maximum Gasteiger partial charge on any atom is 0.227 e. The predicted molar refractivity (Wildman–Crippen MR) is 109 cm³/mol. The molecular formula is C24H25N2O+. The highest BCUT2D eigenvalue weighted by molar-refractivity contribution is 6.08. The molecule has 5 rings (SSSR count). The fraction of sp³-hybridized carbons (Fsp3) is 0.333. The number of hydrogen-bond acceptors (Lipinski definition) is 2. The van der Waals surface area contributed by atoms with Crippen LogP contribution in [0.15, 0.2) is 53.2 Å². The molecule has 4 aromatic rings. The fourth-order valence-electron chi connectivity index (χ4n) is 4.52. The Morgan fingerprint density at radius 2 is 1.93 bits per heavy atom. The van der Waals surface area contributed by atoms with Crippen molar-refractivity contribution in [1.29, 1.82) is 0 Å². The average molecular weight is 358 g/mol. The van der Waals surface area contributed by atoms with Gasteiger partial charge in [-0.3, -0.25) is 0 Å². The molecule has 0 amide bonds. The topological polar surface area (TPSA) is 29.9 Å². The lowest BCUT2D eigenvalue weighted by Gasteiger charge is -2.23. The second-order valence-electron chi connectivity index (χ2n) is 7.64. The Bertz CT molecular complexity index is 1190. The van der Waals surface area contributed by atoms with Crippen molar-refractivity contribution in [2.75, 3.05) is 0 Å². The molecule has 0 unspecified atom stereocenters. The number of fused-ring (bicyclic) bond motifs is 3. The van der Waals surface area contributed by atoms with Gasteiger partial charge in [0.15, 0.2) is 11.8 Å². The monoisotopic (exact) mass is 358 g/mol. The summed E-state index contributed by atoms with van der Waals surface area (Å²) in [4.78, 5) is 4.42. The van der Waals surface area contributed by atoms with Gasteiger partial charge in [0.1, 0.15) is 7.05 Å². The van der Waals surface area contributed by atoms with E-state index in [9.17, 15) is 1.37 Å². The quantitative estimate of drug-likeness (QED) is 0.422. The fourth-order valence-corrected chi connectivity index (χ4v) is 4.52. The zero-order valence-electron chi connectivity index (χ0n) is 17.0. The summed E-state index contributed by atoms with van der Waals surface area (Å²) < 4.78 is 17.7. The molecule has 0 N–H and O–H groups in total. The first kappa shape index (κ1) is 15.4. The number of hydrogen-bond donors (Lipinski definition) is 0. The van der Waals surface area contributed by atoms with Gasteiger partial charge in [0.25, 0.3) is 0 Å². The Kier molecular flexibility index (Phi) is 3.70. The highest BCUT2D eigenvalue weighted by atomic mass is 16.3. The van der Waals surface area contributed by atoms with E-state index in [0.717, 1.165) is 64.4 Å². The molecule has 1 aromatic carbocycles. The van der Waals surface area contributed by atoms with Crippen LogP contribution in [-0.4, -0.2) is 4.98 Å². The van der Waals surface area contributed by atoms with Gasteiger partial charge < -0.3 is 4.42 Å². The van der Waals surface area contributed by atoms with Crippen molar-refractivity contribution in [3.05, 3.63) is 59.9 Å². The van der Waals surface area contributed by atoms with E-state index in [-0.39, 0.29) is 0 Å². The van der Waals surface area contributed by atoms with Crippen molar-refractivity contribution in [3.63, 3.8) is 0 Å². The molecule has 1 fully saturated rings. The third kappa shape index (κ3) is 2.64. The summed E-state index contributed by atoms with van der Waals surface area (Å²) in [6.07, 6.45) is 9.16. The van der Waals surface area contributed by atoms with Crippen LogP contribution in [0.4, 0.5) is 0 Å². The SMILES string of the molecule is [2H]C1(c2ccc[n+](C)c2-c2c(C)ccc3c2oc2ncccc23)CCCCC1. The van der Waals surface area contributed by atoms with Gasteiger partial charge in [0, 0.05) is 30.0 Å². The van der Waals surface area contributed by atoms with Crippen molar-refractivity contribution in [2.45, 2.75) is 44.9 Å². The van der Waals surface area contributed by atoms with Gasteiger partial charge in [0.05, 0.1) is 5.56 Å². The van der Waals surface area contributed by atoms with E-state index in [1.54, 1.807) is 6.20 Å². The number of aryl methyl sites for hydroxylation is 2. The molecular weight excluding hydrogens is 332 g/mol.